The second-order valence-corrected chi connectivity index (χ2v) is 4.44. The summed E-state index contributed by atoms with van der Waals surface area (Å²) in [6.07, 6.45) is 1.70. The fraction of sp³-hybridized carbons (Fsp3) is 0.583. The van der Waals surface area contributed by atoms with Gasteiger partial charge in [0, 0.05) is 39.4 Å². The van der Waals surface area contributed by atoms with Gasteiger partial charge in [0.2, 0.25) is 11.8 Å². The number of amides is 2. The lowest BCUT2D eigenvalue weighted by Gasteiger charge is -2.12. The van der Waals surface area contributed by atoms with Crippen LogP contribution < -0.4 is 15.4 Å². The molecule has 19 heavy (non-hydrogen) atoms. The molecular formula is C12H21N5O2. The van der Waals surface area contributed by atoms with Gasteiger partial charge in [0.25, 0.3) is 0 Å². The van der Waals surface area contributed by atoms with Gasteiger partial charge < -0.3 is 20.3 Å². The fourth-order valence-electron chi connectivity index (χ4n) is 1.24. The van der Waals surface area contributed by atoms with E-state index in [1.807, 2.05) is 13.8 Å². The van der Waals surface area contributed by atoms with Crippen molar-refractivity contribution in [2.45, 2.75) is 20.0 Å². The van der Waals surface area contributed by atoms with Crippen LogP contribution >= 0.6 is 0 Å². The number of carbonyl (C=O) groups is 1. The second kappa shape index (κ2) is 7.40. The molecule has 1 aromatic rings. The summed E-state index contributed by atoms with van der Waals surface area (Å²) in [6, 6.07) is 1.58. The van der Waals surface area contributed by atoms with Crippen molar-refractivity contribution in [1.29, 1.82) is 0 Å². The summed E-state index contributed by atoms with van der Waals surface area (Å²) in [7, 11) is 3.39. The van der Waals surface area contributed by atoms with Gasteiger partial charge in [-0.3, -0.25) is 0 Å². The molecule has 2 N–H and O–H groups in total. The van der Waals surface area contributed by atoms with Crippen LogP contribution in [0.2, 0.25) is 0 Å². The molecule has 0 bridgehead atoms. The first kappa shape index (κ1) is 15.0. The monoisotopic (exact) mass is 267 g/mol. The molecule has 0 aliphatic heterocycles. The Balaban J connectivity index is 2.35. The SMILES string of the molecule is CC(C)Oc1ccnc(NCCNC(=O)N(C)C)n1. The zero-order valence-corrected chi connectivity index (χ0v) is 11.8. The third-order valence-corrected chi connectivity index (χ3v) is 2.08. The summed E-state index contributed by atoms with van der Waals surface area (Å²) in [5.41, 5.74) is 0. The Morgan fingerprint density at radius 1 is 1.42 bits per heavy atom. The molecule has 0 atom stereocenters. The summed E-state index contributed by atoms with van der Waals surface area (Å²) >= 11 is 0. The molecule has 0 aliphatic rings. The second-order valence-electron chi connectivity index (χ2n) is 4.44. The fourth-order valence-corrected chi connectivity index (χ4v) is 1.24. The van der Waals surface area contributed by atoms with Crippen molar-refractivity contribution in [2.75, 3.05) is 32.5 Å². The van der Waals surface area contributed by atoms with Crippen molar-refractivity contribution < 1.29 is 9.53 Å². The van der Waals surface area contributed by atoms with Gasteiger partial charge in [-0.25, -0.2) is 9.78 Å². The van der Waals surface area contributed by atoms with Crippen LogP contribution in [0.25, 0.3) is 0 Å². The first-order valence-corrected chi connectivity index (χ1v) is 6.17. The molecule has 0 fully saturated rings. The van der Waals surface area contributed by atoms with E-state index in [4.69, 9.17) is 4.74 Å². The number of carbonyl (C=O) groups excluding carboxylic acids is 1. The first-order chi connectivity index (χ1) is 8.99. The van der Waals surface area contributed by atoms with Crippen LogP contribution in [0.3, 0.4) is 0 Å². The molecule has 0 aromatic carbocycles. The van der Waals surface area contributed by atoms with Gasteiger partial charge >= 0.3 is 6.03 Å². The molecule has 106 valence electrons. The van der Waals surface area contributed by atoms with Crippen LogP contribution in [0, 0.1) is 0 Å². The maximum Gasteiger partial charge on any atom is 0.316 e. The molecule has 2 amide bonds. The Kier molecular flexibility index (Phi) is 5.84. The van der Waals surface area contributed by atoms with Crippen LogP contribution in [0.15, 0.2) is 12.3 Å². The Morgan fingerprint density at radius 2 is 2.16 bits per heavy atom. The van der Waals surface area contributed by atoms with Gasteiger partial charge in [0.05, 0.1) is 6.10 Å². The molecule has 0 saturated heterocycles. The van der Waals surface area contributed by atoms with E-state index in [1.165, 1.54) is 4.90 Å². The molecule has 1 heterocycles. The highest BCUT2D eigenvalue weighted by molar-refractivity contribution is 5.73. The maximum absolute atomic E-state index is 11.3. The molecule has 1 rings (SSSR count). The smallest absolute Gasteiger partial charge is 0.316 e. The lowest BCUT2D eigenvalue weighted by molar-refractivity contribution is 0.218. The predicted molar refractivity (Wildman–Crippen MR) is 73.4 cm³/mol. The molecule has 0 unspecified atom stereocenters. The number of ether oxygens (including phenoxy) is 1. The molecule has 0 radical (unpaired) electrons. The van der Waals surface area contributed by atoms with Gasteiger partial charge in [0.15, 0.2) is 0 Å². The number of nitrogens with zero attached hydrogens (tertiary/aromatic N) is 3. The third kappa shape index (κ3) is 5.89. The van der Waals surface area contributed by atoms with Gasteiger partial charge in [-0.15, -0.1) is 0 Å². The van der Waals surface area contributed by atoms with E-state index < -0.39 is 0 Å². The predicted octanol–water partition coefficient (Wildman–Crippen LogP) is 0.947. The lowest BCUT2D eigenvalue weighted by atomic mass is 10.5. The van der Waals surface area contributed by atoms with Crippen molar-refractivity contribution in [1.82, 2.24) is 20.2 Å². The van der Waals surface area contributed by atoms with Crippen molar-refractivity contribution in [3.8, 4) is 5.88 Å². The minimum Gasteiger partial charge on any atom is -0.475 e. The summed E-state index contributed by atoms with van der Waals surface area (Å²) < 4.78 is 5.46. The number of urea groups is 1. The minimum absolute atomic E-state index is 0.0714. The number of anilines is 1. The number of aromatic nitrogens is 2. The Labute approximate surface area is 113 Å². The van der Waals surface area contributed by atoms with E-state index in [1.54, 1.807) is 26.4 Å². The molecule has 1 aromatic heterocycles. The van der Waals surface area contributed by atoms with Crippen molar-refractivity contribution in [3.05, 3.63) is 12.3 Å². The van der Waals surface area contributed by atoms with E-state index in [0.717, 1.165) is 0 Å². The molecule has 0 spiro atoms. The Bertz CT molecular complexity index is 409. The summed E-state index contributed by atoms with van der Waals surface area (Å²) in [5, 5.41) is 5.75. The minimum atomic E-state index is -0.125. The van der Waals surface area contributed by atoms with Crippen molar-refractivity contribution >= 4 is 12.0 Å². The van der Waals surface area contributed by atoms with E-state index in [9.17, 15) is 4.79 Å². The average Bonchev–Trinajstić information content (AvgIpc) is 2.34. The summed E-state index contributed by atoms with van der Waals surface area (Å²) in [4.78, 5) is 21.0. The van der Waals surface area contributed by atoms with E-state index in [2.05, 4.69) is 20.6 Å². The van der Waals surface area contributed by atoms with Crippen LogP contribution in [-0.2, 0) is 0 Å². The lowest BCUT2D eigenvalue weighted by Crippen LogP contribution is -2.37. The topological polar surface area (TPSA) is 79.4 Å². The molecule has 0 aliphatic carbocycles. The maximum atomic E-state index is 11.3. The molecule has 7 nitrogen and oxygen atoms in total. The third-order valence-electron chi connectivity index (χ3n) is 2.08. The highest BCUT2D eigenvalue weighted by Gasteiger charge is 2.03. The number of hydrogen-bond donors (Lipinski definition) is 2. The van der Waals surface area contributed by atoms with E-state index in [0.29, 0.717) is 24.9 Å². The summed E-state index contributed by atoms with van der Waals surface area (Å²) in [5.74, 6) is 1.02. The van der Waals surface area contributed by atoms with Gasteiger partial charge in [-0.1, -0.05) is 0 Å². The van der Waals surface area contributed by atoms with E-state index >= 15 is 0 Å². The highest BCUT2D eigenvalue weighted by atomic mass is 16.5. The van der Waals surface area contributed by atoms with Gasteiger partial charge in [0.1, 0.15) is 0 Å². The summed E-state index contributed by atoms with van der Waals surface area (Å²) in [6.45, 7) is 4.92. The zero-order valence-electron chi connectivity index (χ0n) is 11.8. The standard InChI is InChI=1S/C12H21N5O2/c1-9(2)19-10-5-6-13-11(16-10)14-7-8-15-12(18)17(3)4/h5-6,9H,7-8H2,1-4H3,(H,15,18)(H,13,14,16). The first-order valence-electron chi connectivity index (χ1n) is 6.17. The largest absolute Gasteiger partial charge is 0.475 e. The van der Waals surface area contributed by atoms with Crippen LogP contribution in [0.5, 0.6) is 5.88 Å². The average molecular weight is 267 g/mol. The Hall–Kier alpha value is -2.05. The van der Waals surface area contributed by atoms with Crippen molar-refractivity contribution in [3.63, 3.8) is 0 Å². The van der Waals surface area contributed by atoms with E-state index in [-0.39, 0.29) is 12.1 Å². The molecule has 7 heteroatoms. The molecule has 0 saturated carbocycles. The van der Waals surface area contributed by atoms with Crippen molar-refractivity contribution in [2.24, 2.45) is 0 Å². The number of hydrogen-bond acceptors (Lipinski definition) is 5. The highest BCUT2D eigenvalue weighted by Crippen LogP contribution is 2.09. The van der Waals surface area contributed by atoms with Crippen LogP contribution in [0.1, 0.15) is 13.8 Å². The Morgan fingerprint density at radius 3 is 2.79 bits per heavy atom. The normalized spacial score (nSPS) is 10.2. The van der Waals surface area contributed by atoms with Gasteiger partial charge in [-0.2, -0.15) is 4.98 Å². The number of nitrogens with one attached hydrogen (secondary N) is 2. The zero-order chi connectivity index (χ0) is 14.3. The van der Waals surface area contributed by atoms with Crippen LogP contribution in [0.4, 0.5) is 10.7 Å². The quantitative estimate of drug-likeness (QED) is 0.750. The molecular weight excluding hydrogens is 246 g/mol. The van der Waals surface area contributed by atoms with Crippen LogP contribution in [-0.4, -0.2) is 54.2 Å². The number of rotatable bonds is 6. The van der Waals surface area contributed by atoms with Gasteiger partial charge in [-0.05, 0) is 13.8 Å².